The number of rotatable bonds is 1. The Balaban J connectivity index is 2.75. The highest BCUT2D eigenvalue weighted by molar-refractivity contribution is 7.17. The van der Waals surface area contributed by atoms with E-state index in [1.165, 1.54) is 24.5 Å². The van der Waals surface area contributed by atoms with Gasteiger partial charge in [-0.15, -0.1) is 11.3 Å². The maximum Gasteiger partial charge on any atom is 0.340 e. The molecule has 0 unspecified atom stereocenters. The van der Waals surface area contributed by atoms with E-state index in [0.29, 0.717) is 5.56 Å². The lowest BCUT2D eigenvalue weighted by atomic mass is 10.1. The summed E-state index contributed by atoms with van der Waals surface area (Å²) in [5, 5.41) is 2.75. The van der Waals surface area contributed by atoms with Gasteiger partial charge in [-0.1, -0.05) is 0 Å². The molecule has 15 heavy (non-hydrogen) atoms. The van der Waals surface area contributed by atoms with Gasteiger partial charge in [-0.25, -0.2) is 9.18 Å². The number of benzene rings is 1. The van der Waals surface area contributed by atoms with Gasteiger partial charge < -0.3 is 4.74 Å². The van der Waals surface area contributed by atoms with Gasteiger partial charge in [0, 0.05) is 10.3 Å². The number of methoxy groups -OCH3 is 1. The largest absolute Gasteiger partial charge is 0.465 e. The number of halogens is 1. The third-order valence-electron chi connectivity index (χ3n) is 2.31. The third-order valence-corrected chi connectivity index (χ3v) is 3.36. The number of hydrogen-bond donors (Lipinski definition) is 0. The molecule has 0 bridgehead atoms. The number of ether oxygens (including phenoxy) is 1. The van der Waals surface area contributed by atoms with Crippen molar-refractivity contribution in [2.24, 2.45) is 0 Å². The average Bonchev–Trinajstić information content (AvgIpc) is 2.70. The van der Waals surface area contributed by atoms with Gasteiger partial charge in [0.1, 0.15) is 5.82 Å². The predicted molar refractivity (Wildman–Crippen MR) is 57.9 cm³/mol. The van der Waals surface area contributed by atoms with Crippen LogP contribution in [0, 0.1) is 12.7 Å². The van der Waals surface area contributed by atoms with Crippen molar-refractivity contribution in [3.63, 3.8) is 0 Å². The van der Waals surface area contributed by atoms with E-state index in [9.17, 15) is 9.18 Å². The normalized spacial score (nSPS) is 10.6. The molecule has 2 aromatic rings. The van der Waals surface area contributed by atoms with Crippen LogP contribution in [0.3, 0.4) is 0 Å². The summed E-state index contributed by atoms with van der Waals surface area (Å²) in [6, 6.07) is 3.39. The van der Waals surface area contributed by atoms with Gasteiger partial charge in [0.05, 0.1) is 12.7 Å². The minimum absolute atomic E-state index is 0.000833. The summed E-state index contributed by atoms with van der Waals surface area (Å²) in [5.41, 5.74) is 0.504. The molecule has 0 atom stereocenters. The summed E-state index contributed by atoms with van der Waals surface area (Å²) in [6.07, 6.45) is 0. The summed E-state index contributed by atoms with van der Waals surface area (Å²) in [7, 11) is 1.24. The molecule has 0 aliphatic carbocycles. The zero-order valence-electron chi connectivity index (χ0n) is 8.33. The molecule has 0 fully saturated rings. The van der Waals surface area contributed by atoms with Gasteiger partial charge in [0.2, 0.25) is 0 Å². The van der Waals surface area contributed by atoms with Gasteiger partial charge in [-0.3, -0.25) is 0 Å². The molecule has 0 saturated carbocycles. The van der Waals surface area contributed by atoms with E-state index in [1.54, 1.807) is 6.92 Å². The van der Waals surface area contributed by atoms with Crippen molar-refractivity contribution in [1.82, 2.24) is 0 Å². The Hall–Kier alpha value is -1.42. The minimum Gasteiger partial charge on any atom is -0.465 e. The van der Waals surface area contributed by atoms with E-state index in [-0.39, 0.29) is 5.56 Å². The maximum atomic E-state index is 13.8. The molecule has 1 aromatic carbocycles. The quantitative estimate of drug-likeness (QED) is 0.695. The molecule has 0 saturated heterocycles. The molecule has 0 amide bonds. The average molecular weight is 224 g/mol. The second kappa shape index (κ2) is 3.62. The first-order chi connectivity index (χ1) is 7.15. The second-order valence-electron chi connectivity index (χ2n) is 3.19. The maximum absolute atomic E-state index is 13.8. The first-order valence-electron chi connectivity index (χ1n) is 4.39. The fourth-order valence-electron chi connectivity index (χ4n) is 1.52. The van der Waals surface area contributed by atoms with E-state index in [2.05, 4.69) is 4.74 Å². The van der Waals surface area contributed by atoms with Crippen LogP contribution in [0.5, 0.6) is 0 Å². The van der Waals surface area contributed by atoms with Crippen molar-refractivity contribution in [2.45, 2.75) is 6.92 Å². The van der Waals surface area contributed by atoms with Gasteiger partial charge in [-0.2, -0.15) is 0 Å². The number of carbonyl (C=O) groups excluding carboxylic acids is 1. The molecule has 0 aliphatic rings. The Labute approximate surface area is 90.3 Å². The minimum atomic E-state index is -0.635. The van der Waals surface area contributed by atoms with Gasteiger partial charge in [0.15, 0.2) is 0 Å². The molecule has 1 aromatic heterocycles. The topological polar surface area (TPSA) is 26.3 Å². The highest BCUT2D eigenvalue weighted by Crippen LogP contribution is 2.29. The van der Waals surface area contributed by atoms with Crippen molar-refractivity contribution in [2.75, 3.05) is 7.11 Å². The summed E-state index contributed by atoms with van der Waals surface area (Å²) >= 11 is 1.46. The summed E-state index contributed by atoms with van der Waals surface area (Å²) < 4.78 is 19.1. The summed E-state index contributed by atoms with van der Waals surface area (Å²) in [5.74, 6) is -1.12. The summed E-state index contributed by atoms with van der Waals surface area (Å²) in [6.45, 7) is 1.67. The van der Waals surface area contributed by atoms with E-state index < -0.39 is 11.8 Å². The standard InChI is InChI=1S/C11H9FO2S/c1-6-9(12)8(11(13)14-2)5-7-3-4-15-10(6)7/h3-5H,1-2H3. The highest BCUT2D eigenvalue weighted by Gasteiger charge is 2.17. The smallest absolute Gasteiger partial charge is 0.340 e. The molecule has 0 N–H and O–H groups in total. The summed E-state index contributed by atoms with van der Waals surface area (Å²) in [4.78, 5) is 11.3. The number of aryl methyl sites for hydroxylation is 1. The van der Waals surface area contributed by atoms with Crippen LogP contribution in [0.25, 0.3) is 10.1 Å². The lowest BCUT2D eigenvalue weighted by molar-refractivity contribution is 0.0595. The Bertz CT molecular complexity index is 531. The Morgan fingerprint density at radius 2 is 2.27 bits per heavy atom. The zero-order valence-corrected chi connectivity index (χ0v) is 9.15. The lowest BCUT2D eigenvalue weighted by Gasteiger charge is -2.04. The van der Waals surface area contributed by atoms with Crippen molar-refractivity contribution in [1.29, 1.82) is 0 Å². The molecule has 0 aliphatic heterocycles. The van der Waals surface area contributed by atoms with Crippen LogP contribution < -0.4 is 0 Å². The van der Waals surface area contributed by atoms with E-state index in [1.807, 2.05) is 11.4 Å². The zero-order chi connectivity index (χ0) is 11.0. The molecular formula is C11H9FO2S. The fraction of sp³-hybridized carbons (Fsp3) is 0.182. The third kappa shape index (κ3) is 1.51. The van der Waals surface area contributed by atoms with E-state index in [4.69, 9.17) is 0 Å². The molecule has 4 heteroatoms. The first-order valence-corrected chi connectivity index (χ1v) is 5.27. The van der Waals surface area contributed by atoms with Gasteiger partial charge >= 0.3 is 5.97 Å². The predicted octanol–water partition coefficient (Wildman–Crippen LogP) is 3.14. The molecule has 0 spiro atoms. The number of hydrogen-bond acceptors (Lipinski definition) is 3. The van der Waals surface area contributed by atoms with Gasteiger partial charge in [0.25, 0.3) is 0 Å². The van der Waals surface area contributed by atoms with Crippen LogP contribution in [-0.4, -0.2) is 13.1 Å². The molecule has 2 nitrogen and oxygen atoms in total. The number of fused-ring (bicyclic) bond motifs is 1. The van der Waals surface area contributed by atoms with Crippen molar-refractivity contribution >= 4 is 27.4 Å². The van der Waals surface area contributed by atoms with Crippen molar-refractivity contribution in [3.05, 3.63) is 34.5 Å². The SMILES string of the molecule is COC(=O)c1cc2ccsc2c(C)c1F. The molecule has 1 heterocycles. The van der Waals surface area contributed by atoms with Crippen molar-refractivity contribution in [3.8, 4) is 0 Å². The fourth-order valence-corrected chi connectivity index (χ4v) is 2.40. The van der Waals surface area contributed by atoms with Crippen LogP contribution >= 0.6 is 11.3 Å². The Morgan fingerprint density at radius 1 is 1.53 bits per heavy atom. The van der Waals surface area contributed by atoms with Crippen LogP contribution in [0.1, 0.15) is 15.9 Å². The highest BCUT2D eigenvalue weighted by atomic mass is 32.1. The number of esters is 1. The number of carbonyl (C=O) groups is 1. The van der Waals surface area contributed by atoms with Gasteiger partial charge in [-0.05, 0) is 29.8 Å². The van der Waals surface area contributed by atoms with Crippen LogP contribution in [0.15, 0.2) is 17.5 Å². The Kier molecular flexibility index (Phi) is 2.44. The Morgan fingerprint density at radius 3 is 2.93 bits per heavy atom. The van der Waals surface area contributed by atoms with Crippen LogP contribution in [0.2, 0.25) is 0 Å². The molecule has 0 radical (unpaired) electrons. The monoisotopic (exact) mass is 224 g/mol. The van der Waals surface area contributed by atoms with Crippen LogP contribution in [0.4, 0.5) is 4.39 Å². The van der Waals surface area contributed by atoms with E-state index in [0.717, 1.165) is 10.1 Å². The van der Waals surface area contributed by atoms with E-state index >= 15 is 0 Å². The first kappa shape index (κ1) is 10.1. The molecular weight excluding hydrogens is 215 g/mol. The number of thiophene rings is 1. The molecule has 78 valence electrons. The molecule has 2 rings (SSSR count). The van der Waals surface area contributed by atoms with Crippen LogP contribution in [-0.2, 0) is 4.74 Å². The van der Waals surface area contributed by atoms with Crippen molar-refractivity contribution < 1.29 is 13.9 Å². The second-order valence-corrected chi connectivity index (χ2v) is 4.11. The lowest BCUT2D eigenvalue weighted by Crippen LogP contribution is -2.05.